The van der Waals surface area contributed by atoms with E-state index in [1.807, 2.05) is 0 Å². The van der Waals surface area contributed by atoms with Crippen LogP contribution >= 0.6 is 11.6 Å². The van der Waals surface area contributed by atoms with E-state index in [2.05, 4.69) is 19.2 Å². The Labute approximate surface area is 120 Å². The normalized spacial score (nSPS) is 13.8. The van der Waals surface area contributed by atoms with Crippen molar-refractivity contribution in [2.45, 2.75) is 24.1 Å². The van der Waals surface area contributed by atoms with Crippen LogP contribution in [0.4, 0.5) is 5.69 Å². The molecule has 1 atom stereocenters. The van der Waals surface area contributed by atoms with Crippen LogP contribution in [0.15, 0.2) is 29.2 Å². The summed E-state index contributed by atoms with van der Waals surface area (Å²) in [6.07, 6.45) is 0. The summed E-state index contributed by atoms with van der Waals surface area (Å²) in [5.41, 5.74) is 0.865. The smallest absolute Gasteiger partial charge is 0.242 e. The van der Waals surface area contributed by atoms with Crippen molar-refractivity contribution in [3.63, 3.8) is 0 Å². The molecule has 0 radical (unpaired) electrons. The topological polar surface area (TPSA) is 49.4 Å². The van der Waals surface area contributed by atoms with E-state index < -0.39 is 10.0 Å². The molecule has 6 heteroatoms. The molecule has 19 heavy (non-hydrogen) atoms. The number of nitrogens with zero attached hydrogens (tertiary/aromatic N) is 1. The predicted molar refractivity (Wildman–Crippen MR) is 80.3 cm³/mol. The van der Waals surface area contributed by atoms with E-state index in [9.17, 15) is 8.42 Å². The molecular formula is C13H21ClN2O2S. The fourth-order valence-electron chi connectivity index (χ4n) is 1.41. The molecule has 0 fully saturated rings. The Kier molecular flexibility index (Phi) is 5.64. The van der Waals surface area contributed by atoms with Crippen LogP contribution in [-0.4, -0.2) is 38.7 Å². The summed E-state index contributed by atoms with van der Waals surface area (Å²) in [6, 6.07) is 6.69. The van der Waals surface area contributed by atoms with Crippen LogP contribution in [0.5, 0.6) is 0 Å². The lowest BCUT2D eigenvalue weighted by Crippen LogP contribution is -2.22. The van der Waals surface area contributed by atoms with Crippen LogP contribution in [-0.2, 0) is 10.0 Å². The van der Waals surface area contributed by atoms with E-state index in [1.165, 1.54) is 18.4 Å². The van der Waals surface area contributed by atoms with Crippen molar-refractivity contribution in [2.75, 3.05) is 26.0 Å². The quantitative estimate of drug-likeness (QED) is 0.822. The highest BCUT2D eigenvalue weighted by Gasteiger charge is 2.16. The molecule has 1 N–H and O–H groups in total. The summed E-state index contributed by atoms with van der Waals surface area (Å²) in [7, 11) is -0.327. The molecule has 0 aliphatic rings. The maximum Gasteiger partial charge on any atom is 0.242 e. The van der Waals surface area contributed by atoms with E-state index in [1.54, 1.807) is 24.3 Å². The minimum absolute atomic E-state index is 0.0465. The third-order valence-corrected chi connectivity index (χ3v) is 5.35. The van der Waals surface area contributed by atoms with E-state index >= 15 is 0 Å². The van der Waals surface area contributed by atoms with Crippen molar-refractivity contribution in [1.29, 1.82) is 0 Å². The van der Waals surface area contributed by atoms with E-state index in [0.717, 1.165) is 5.69 Å². The van der Waals surface area contributed by atoms with Crippen LogP contribution < -0.4 is 5.32 Å². The molecule has 1 aromatic carbocycles. The molecule has 0 aromatic heterocycles. The van der Waals surface area contributed by atoms with Crippen molar-refractivity contribution in [2.24, 2.45) is 5.92 Å². The number of hydrogen-bond donors (Lipinski definition) is 1. The minimum atomic E-state index is -3.36. The highest BCUT2D eigenvalue weighted by molar-refractivity contribution is 7.89. The first-order valence-corrected chi connectivity index (χ1v) is 8.03. The summed E-state index contributed by atoms with van der Waals surface area (Å²) in [5.74, 6) is 0.391. The third kappa shape index (κ3) is 4.37. The van der Waals surface area contributed by atoms with Crippen molar-refractivity contribution >= 4 is 27.3 Å². The molecule has 4 nitrogen and oxygen atoms in total. The molecule has 0 saturated heterocycles. The van der Waals surface area contributed by atoms with Crippen LogP contribution in [0, 0.1) is 5.92 Å². The Hall–Kier alpha value is -0.780. The number of benzene rings is 1. The second kappa shape index (κ2) is 6.59. The Morgan fingerprint density at radius 3 is 2.16 bits per heavy atom. The molecule has 0 spiro atoms. The Morgan fingerprint density at radius 2 is 1.74 bits per heavy atom. The lowest BCUT2D eigenvalue weighted by Gasteiger charge is -2.15. The average Bonchev–Trinajstić information content (AvgIpc) is 2.36. The van der Waals surface area contributed by atoms with Crippen molar-refractivity contribution in [1.82, 2.24) is 4.31 Å². The highest BCUT2D eigenvalue weighted by atomic mass is 35.5. The fourth-order valence-corrected chi connectivity index (χ4v) is 2.39. The van der Waals surface area contributed by atoms with Gasteiger partial charge in [-0.1, -0.05) is 13.8 Å². The number of rotatable bonds is 6. The molecule has 108 valence electrons. The Morgan fingerprint density at radius 1 is 1.21 bits per heavy atom. The van der Waals surface area contributed by atoms with E-state index in [-0.39, 0.29) is 10.3 Å². The van der Waals surface area contributed by atoms with Crippen LogP contribution in [0.25, 0.3) is 0 Å². The number of alkyl halides is 1. The van der Waals surface area contributed by atoms with Gasteiger partial charge in [-0.3, -0.25) is 0 Å². The second-order valence-corrected chi connectivity index (χ2v) is 7.67. The average molecular weight is 305 g/mol. The maximum absolute atomic E-state index is 11.9. The first-order valence-electron chi connectivity index (χ1n) is 6.15. The van der Waals surface area contributed by atoms with Gasteiger partial charge in [0, 0.05) is 26.3 Å². The van der Waals surface area contributed by atoms with E-state index in [4.69, 9.17) is 11.6 Å². The van der Waals surface area contributed by atoms with Gasteiger partial charge < -0.3 is 5.32 Å². The largest absolute Gasteiger partial charge is 0.384 e. The van der Waals surface area contributed by atoms with Gasteiger partial charge >= 0.3 is 0 Å². The highest BCUT2D eigenvalue weighted by Crippen LogP contribution is 2.17. The van der Waals surface area contributed by atoms with Gasteiger partial charge in [0.1, 0.15) is 0 Å². The lowest BCUT2D eigenvalue weighted by atomic mass is 10.1. The molecule has 1 aromatic rings. The van der Waals surface area contributed by atoms with Gasteiger partial charge in [0.05, 0.1) is 10.3 Å². The van der Waals surface area contributed by atoms with Crippen LogP contribution in [0.3, 0.4) is 0 Å². The zero-order valence-corrected chi connectivity index (χ0v) is 13.3. The number of hydrogen-bond acceptors (Lipinski definition) is 3. The maximum atomic E-state index is 11.9. The van der Waals surface area contributed by atoms with Crippen LogP contribution in [0.1, 0.15) is 13.8 Å². The Bertz CT molecular complexity index is 498. The molecule has 0 aliphatic heterocycles. The first-order chi connectivity index (χ1) is 8.75. The van der Waals surface area contributed by atoms with Gasteiger partial charge in [-0.2, -0.15) is 0 Å². The number of halogens is 1. The standard InChI is InChI=1S/C13H21ClN2O2S/c1-10(2)13(14)9-15-11-5-7-12(8-6-11)19(17,18)16(3)4/h5-8,10,13,15H,9H2,1-4H3. The minimum Gasteiger partial charge on any atom is -0.384 e. The molecule has 0 amide bonds. The van der Waals surface area contributed by atoms with Gasteiger partial charge in [0.25, 0.3) is 0 Å². The summed E-state index contributed by atoms with van der Waals surface area (Å²) in [4.78, 5) is 0.286. The SMILES string of the molecule is CC(C)C(Cl)CNc1ccc(S(=O)(=O)N(C)C)cc1. The summed E-state index contributed by atoms with van der Waals surface area (Å²) < 4.78 is 25.0. The first kappa shape index (κ1) is 16.3. The van der Waals surface area contributed by atoms with Gasteiger partial charge in [-0.25, -0.2) is 12.7 Å². The van der Waals surface area contributed by atoms with Crippen molar-refractivity contribution < 1.29 is 8.42 Å². The predicted octanol–water partition coefficient (Wildman–Crippen LogP) is 2.61. The lowest BCUT2D eigenvalue weighted by molar-refractivity contribution is 0.521. The number of nitrogens with one attached hydrogen (secondary N) is 1. The van der Waals surface area contributed by atoms with Crippen molar-refractivity contribution in [3.8, 4) is 0 Å². The van der Waals surface area contributed by atoms with E-state index in [0.29, 0.717) is 12.5 Å². The van der Waals surface area contributed by atoms with Gasteiger partial charge in [0.15, 0.2) is 0 Å². The summed E-state index contributed by atoms with van der Waals surface area (Å²) in [5, 5.41) is 3.24. The monoisotopic (exact) mass is 304 g/mol. The van der Waals surface area contributed by atoms with Gasteiger partial charge in [0.2, 0.25) is 10.0 Å². The fraction of sp³-hybridized carbons (Fsp3) is 0.538. The summed E-state index contributed by atoms with van der Waals surface area (Å²) >= 11 is 6.15. The molecule has 1 rings (SSSR count). The number of anilines is 1. The second-order valence-electron chi connectivity index (χ2n) is 4.95. The molecule has 0 saturated carbocycles. The Balaban J connectivity index is 2.73. The number of sulfonamides is 1. The summed E-state index contributed by atoms with van der Waals surface area (Å²) in [6.45, 7) is 4.78. The van der Waals surface area contributed by atoms with Gasteiger partial charge in [-0.15, -0.1) is 11.6 Å². The molecule has 0 aliphatic carbocycles. The van der Waals surface area contributed by atoms with Crippen molar-refractivity contribution in [3.05, 3.63) is 24.3 Å². The molecular weight excluding hydrogens is 284 g/mol. The zero-order valence-electron chi connectivity index (χ0n) is 11.7. The van der Waals surface area contributed by atoms with Gasteiger partial charge in [-0.05, 0) is 30.2 Å². The molecule has 1 unspecified atom stereocenters. The van der Waals surface area contributed by atoms with Crippen LogP contribution in [0.2, 0.25) is 0 Å². The zero-order chi connectivity index (χ0) is 14.6. The molecule has 0 heterocycles. The third-order valence-electron chi connectivity index (χ3n) is 2.86. The molecule has 0 bridgehead atoms.